The topological polar surface area (TPSA) is 44.8 Å². The monoisotopic (exact) mass is 242 g/mol. The van der Waals surface area contributed by atoms with Gasteiger partial charge < -0.3 is 14.2 Å². The number of carbonyl (C=O) groups is 1. The summed E-state index contributed by atoms with van der Waals surface area (Å²) in [6.07, 6.45) is 2.33. The first-order valence-corrected chi connectivity index (χ1v) is 6.05. The van der Waals surface area contributed by atoms with Gasteiger partial charge in [0, 0.05) is 13.3 Å². The Balaban J connectivity index is 2.37. The molecule has 0 aromatic heterocycles. The number of rotatable bonds is 5. The first-order valence-electron chi connectivity index (χ1n) is 6.05. The number of esters is 1. The van der Waals surface area contributed by atoms with Gasteiger partial charge in [-0.3, -0.25) is 4.79 Å². The van der Waals surface area contributed by atoms with Crippen molar-refractivity contribution in [2.45, 2.75) is 46.8 Å². The lowest BCUT2D eigenvalue weighted by Gasteiger charge is -2.25. The van der Waals surface area contributed by atoms with Gasteiger partial charge in [-0.2, -0.15) is 0 Å². The summed E-state index contributed by atoms with van der Waals surface area (Å²) in [6.45, 7) is 9.84. The van der Waals surface area contributed by atoms with Crippen LogP contribution in [0.4, 0.5) is 0 Å². The molecule has 17 heavy (non-hydrogen) atoms. The minimum atomic E-state index is -0.617. The zero-order chi connectivity index (χ0) is 13.1. The summed E-state index contributed by atoms with van der Waals surface area (Å²) in [5.41, 5.74) is 0. The second kappa shape index (κ2) is 5.43. The molecule has 0 N–H and O–H groups in total. The lowest BCUT2D eigenvalue weighted by molar-refractivity contribution is -0.157. The van der Waals surface area contributed by atoms with E-state index in [9.17, 15) is 4.79 Å². The van der Waals surface area contributed by atoms with Gasteiger partial charge in [0.1, 0.15) is 6.26 Å². The van der Waals surface area contributed by atoms with Crippen LogP contribution in [0, 0.1) is 11.8 Å². The van der Waals surface area contributed by atoms with E-state index in [0.717, 1.165) is 6.42 Å². The van der Waals surface area contributed by atoms with Crippen molar-refractivity contribution in [1.29, 1.82) is 0 Å². The highest BCUT2D eigenvalue weighted by Crippen LogP contribution is 2.31. The van der Waals surface area contributed by atoms with Crippen LogP contribution in [0.2, 0.25) is 0 Å². The molecule has 0 aliphatic carbocycles. The molecule has 4 heteroatoms. The van der Waals surface area contributed by atoms with Crippen molar-refractivity contribution < 1.29 is 19.0 Å². The maximum atomic E-state index is 11.3. The van der Waals surface area contributed by atoms with Gasteiger partial charge in [-0.05, 0) is 5.92 Å². The van der Waals surface area contributed by atoms with E-state index in [1.807, 2.05) is 6.92 Å². The molecule has 0 aromatic carbocycles. The molecular formula is C13H22O4. The quantitative estimate of drug-likeness (QED) is 0.695. The normalized spacial score (nSPS) is 23.4. The molecule has 0 radical (unpaired) electrons. The molecule has 1 unspecified atom stereocenters. The first kappa shape index (κ1) is 13.9. The number of hydrogen-bond acceptors (Lipinski definition) is 4. The predicted molar refractivity (Wildman–Crippen MR) is 63.9 cm³/mol. The van der Waals surface area contributed by atoms with E-state index >= 15 is 0 Å². The van der Waals surface area contributed by atoms with E-state index < -0.39 is 5.79 Å². The average molecular weight is 242 g/mol. The van der Waals surface area contributed by atoms with E-state index in [0.29, 0.717) is 11.7 Å². The van der Waals surface area contributed by atoms with E-state index in [-0.39, 0.29) is 18.5 Å². The largest absolute Gasteiger partial charge is 0.457 e. The van der Waals surface area contributed by atoms with Gasteiger partial charge in [0.05, 0.1) is 5.92 Å². The highest BCUT2D eigenvalue weighted by molar-refractivity contribution is 5.71. The Labute approximate surface area is 103 Å². The maximum absolute atomic E-state index is 11.3. The zero-order valence-electron chi connectivity index (χ0n) is 11.3. The van der Waals surface area contributed by atoms with Crippen molar-refractivity contribution in [1.82, 2.24) is 0 Å². The van der Waals surface area contributed by atoms with Crippen molar-refractivity contribution in [3.05, 3.63) is 12.0 Å². The van der Waals surface area contributed by atoms with Gasteiger partial charge in [0.15, 0.2) is 12.4 Å². The van der Waals surface area contributed by atoms with Gasteiger partial charge in [0.2, 0.25) is 5.79 Å². The van der Waals surface area contributed by atoms with Crippen molar-refractivity contribution in [3.8, 4) is 0 Å². The molecule has 4 nitrogen and oxygen atoms in total. The smallest absolute Gasteiger partial charge is 0.308 e. The molecule has 1 heterocycles. The Bertz CT molecular complexity index is 307. The van der Waals surface area contributed by atoms with E-state index in [1.165, 1.54) is 6.26 Å². The second-order valence-electron chi connectivity index (χ2n) is 5.30. The molecule has 0 fully saturated rings. The van der Waals surface area contributed by atoms with Crippen molar-refractivity contribution in [2.75, 3.05) is 6.61 Å². The summed E-state index contributed by atoms with van der Waals surface area (Å²) in [5, 5.41) is 0. The standard InChI is InChI=1S/C13H22O4/c1-9(2)6-13(5)16-8-11(17-13)7-15-12(14)10(3)4/h8-10H,6-7H2,1-5H3. The molecule has 0 amide bonds. The Morgan fingerprint density at radius 3 is 2.59 bits per heavy atom. The molecule has 98 valence electrons. The molecule has 1 atom stereocenters. The third-order valence-corrected chi connectivity index (χ3v) is 2.39. The predicted octanol–water partition coefficient (Wildman–Crippen LogP) is 2.84. The van der Waals surface area contributed by atoms with Crippen LogP contribution in [0.5, 0.6) is 0 Å². The molecule has 1 aliphatic heterocycles. The molecule has 1 rings (SSSR count). The van der Waals surface area contributed by atoms with Crippen molar-refractivity contribution >= 4 is 5.97 Å². The van der Waals surface area contributed by atoms with Crippen LogP contribution in [-0.2, 0) is 19.0 Å². The average Bonchev–Trinajstić information content (AvgIpc) is 2.55. The highest BCUT2D eigenvalue weighted by atomic mass is 16.7. The van der Waals surface area contributed by atoms with Gasteiger partial charge in [-0.15, -0.1) is 0 Å². The van der Waals surface area contributed by atoms with E-state index in [4.69, 9.17) is 14.2 Å². The van der Waals surface area contributed by atoms with Crippen LogP contribution in [0.15, 0.2) is 12.0 Å². The van der Waals surface area contributed by atoms with Crippen LogP contribution in [-0.4, -0.2) is 18.4 Å². The molecule has 1 aliphatic rings. The van der Waals surface area contributed by atoms with E-state index in [1.54, 1.807) is 13.8 Å². The lowest BCUT2D eigenvalue weighted by Crippen LogP contribution is -2.28. The fraction of sp³-hybridized carbons (Fsp3) is 0.769. The summed E-state index contributed by atoms with van der Waals surface area (Å²) < 4.78 is 16.2. The van der Waals surface area contributed by atoms with Gasteiger partial charge >= 0.3 is 5.97 Å². The molecule has 0 bridgehead atoms. The number of ether oxygens (including phenoxy) is 3. The summed E-state index contributed by atoms with van der Waals surface area (Å²) in [7, 11) is 0. The summed E-state index contributed by atoms with van der Waals surface area (Å²) >= 11 is 0. The zero-order valence-corrected chi connectivity index (χ0v) is 11.3. The van der Waals surface area contributed by atoms with Gasteiger partial charge in [-0.25, -0.2) is 0 Å². The maximum Gasteiger partial charge on any atom is 0.308 e. The fourth-order valence-corrected chi connectivity index (χ4v) is 1.72. The van der Waals surface area contributed by atoms with Crippen molar-refractivity contribution in [2.24, 2.45) is 11.8 Å². The molecule has 0 saturated heterocycles. The van der Waals surface area contributed by atoms with E-state index in [2.05, 4.69) is 13.8 Å². The summed E-state index contributed by atoms with van der Waals surface area (Å²) in [5.74, 6) is 0.0772. The number of carbonyl (C=O) groups excluding carboxylic acids is 1. The van der Waals surface area contributed by atoms with Crippen molar-refractivity contribution in [3.63, 3.8) is 0 Å². The summed E-state index contributed by atoms with van der Waals surface area (Å²) in [4.78, 5) is 11.3. The molecule has 0 aromatic rings. The molecular weight excluding hydrogens is 220 g/mol. The Morgan fingerprint density at radius 2 is 2.06 bits per heavy atom. The SMILES string of the molecule is CC(C)CC1(C)OC=C(COC(=O)C(C)C)O1. The van der Waals surface area contributed by atoms with Crippen LogP contribution in [0.1, 0.15) is 41.0 Å². The van der Waals surface area contributed by atoms with Crippen LogP contribution < -0.4 is 0 Å². The molecule has 0 saturated carbocycles. The van der Waals surface area contributed by atoms with Gasteiger partial charge in [0.25, 0.3) is 0 Å². The van der Waals surface area contributed by atoms with Crippen LogP contribution >= 0.6 is 0 Å². The fourth-order valence-electron chi connectivity index (χ4n) is 1.72. The van der Waals surface area contributed by atoms with Crippen LogP contribution in [0.3, 0.4) is 0 Å². The Morgan fingerprint density at radius 1 is 1.41 bits per heavy atom. The van der Waals surface area contributed by atoms with Gasteiger partial charge in [-0.1, -0.05) is 27.7 Å². The Hall–Kier alpha value is -1.19. The van der Waals surface area contributed by atoms with Crippen LogP contribution in [0.25, 0.3) is 0 Å². The minimum absolute atomic E-state index is 0.125. The Kier molecular flexibility index (Phi) is 4.43. The second-order valence-corrected chi connectivity index (χ2v) is 5.30. The minimum Gasteiger partial charge on any atom is -0.457 e. The number of hydrogen-bond donors (Lipinski definition) is 0. The third-order valence-electron chi connectivity index (χ3n) is 2.39. The lowest BCUT2D eigenvalue weighted by atomic mass is 10.0. The molecule has 0 spiro atoms. The summed E-state index contributed by atoms with van der Waals surface area (Å²) in [6, 6.07) is 0. The highest BCUT2D eigenvalue weighted by Gasteiger charge is 2.34. The first-order chi connectivity index (χ1) is 7.82. The third kappa shape index (κ3) is 4.29.